The second-order valence-corrected chi connectivity index (χ2v) is 7.16. The molecule has 0 aliphatic carbocycles. The van der Waals surface area contributed by atoms with E-state index < -0.39 is 24.5 Å². The Balaban J connectivity index is 1.53. The zero-order valence-corrected chi connectivity index (χ0v) is 17.9. The molecule has 168 valence electrons. The van der Waals surface area contributed by atoms with Crippen LogP contribution in [-0.4, -0.2) is 59.4 Å². The van der Waals surface area contributed by atoms with Crippen molar-refractivity contribution in [1.82, 2.24) is 20.0 Å². The zero-order chi connectivity index (χ0) is 23.2. The molecule has 0 spiro atoms. The molecular formula is C24H22N4O5. The largest absolute Gasteiger partial charge is 0.497 e. The van der Waals surface area contributed by atoms with Crippen LogP contribution in [0.1, 0.15) is 5.56 Å². The molecule has 0 atom stereocenters. The molecular weight excluding hydrogens is 424 g/mol. The lowest BCUT2D eigenvalue weighted by Gasteiger charge is -2.11. The van der Waals surface area contributed by atoms with E-state index in [1.807, 2.05) is 54.6 Å². The number of nitrogens with one attached hydrogen (secondary N) is 1. The van der Waals surface area contributed by atoms with E-state index in [0.717, 1.165) is 21.9 Å². The average molecular weight is 446 g/mol. The van der Waals surface area contributed by atoms with Crippen molar-refractivity contribution >= 4 is 24.0 Å². The molecule has 1 aliphatic rings. The molecule has 3 aromatic rings. The van der Waals surface area contributed by atoms with Crippen LogP contribution in [0.2, 0.25) is 0 Å². The minimum absolute atomic E-state index is 0.259. The van der Waals surface area contributed by atoms with Crippen molar-refractivity contribution in [2.24, 2.45) is 0 Å². The van der Waals surface area contributed by atoms with Crippen LogP contribution in [0.3, 0.4) is 0 Å². The highest BCUT2D eigenvalue weighted by molar-refractivity contribution is 5.97. The first-order valence-corrected chi connectivity index (χ1v) is 10.3. The highest BCUT2D eigenvalue weighted by atomic mass is 16.5. The van der Waals surface area contributed by atoms with Crippen LogP contribution in [0.4, 0.5) is 4.79 Å². The monoisotopic (exact) mass is 446 g/mol. The van der Waals surface area contributed by atoms with Gasteiger partial charge in [0.05, 0.1) is 18.5 Å². The molecule has 1 aromatic heterocycles. The number of hydrogen-bond acceptors (Lipinski definition) is 6. The van der Waals surface area contributed by atoms with Crippen LogP contribution in [-0.2, 0) is 14.3 Å². The zero-order valence-electron chi connectivity index (χ0n) is 17.9. The van der Waals surface area contributed by atoms with Crippen LogP contribution < -0.4 is 10.1 Å². The Morgan fingerprint density at radius 2 is 1.88 bits per heavy atom. The molecule has 2 aromatic carbocycles. The maximum absolute atomic E-state index is 12.2. The number of para-hydroxylation sites is 1. The van der Waals surface area contributed by atoms with E-state index in [1.165, 1.54) is 6.08 Å². The fourth-order valence-electron chi connectivity index (χ4n) is 3.32. The number of esters is 1. The molecule has 4 rings (SSSR count). The number of benzene rings is 2. The van der Waals surface area contributed by atoms with Crippen molar-refractivity contribution in [3.8, 4) is 22.7 Å². The standard InChI is InChI=1S/C24H22N4O5/c1-32-20-10-7-17(8-11-20)23-18(15-28(26-23)19-5-3-2-4-6-19)9-12-22(30)33-16-21(29)27-14-13-25-24(27)31/h2-12,15H,13-14,16H2,1H3,(H,25,31)/b12-9+. The third-order valence-corrected chi connectivity index (χ3v) is 5.02. The summed E-state index contributed by atoms with van der Waals surface area (Å²) in [5.74, 6) is -0.545. The lowest BCUT2D eigenvalue weighted by molar-refractivity contribution is -0.146. The number of methoxy groups -OCH3 is 1. The molecule has 33 heavy (non-hydrogen) atoms. The number of ether oxygens (including phenoxy) is 2. The third kappa shape index (κ3) is 5.09. The molecule has 0 bridgehead atoms. The number of hydrogen-bond donors (Lipinski definition) is 1. The molecule has 1 saturated heterocycles. The summed E-state index contributed by atoms with van der Waals surface area (Å²) < 4.78 is 12.0. The molecule has 0 radical (unpaired) electrons. The Bertz CT molecular complexity index is 1190. The first-order valence-electron chi connectivity index (χ1n) is 10.3. The number of amides is 3. The van der Waals surface area contributed by atoms with Gasteiger partial charge in [0.15, 0.2) is 6.61 Å². The number of nitrogens with zero attached hydrogens (tertiary/aromatic N) is 3. The fourth-order valence-corrected chi connectivity index (χ4v) is 3.32. The van der Waals surface area contributed by atoms with Crippen molar-refractivity contribution < 1.29 is 23.9 Å². The molecule has 0 saturated carbocycles. The third-order valence-electron chi connectivity index (χ3n) is 5.02. The van der Waals surface area contributed by atoms with Gasteiger partial charge in [-0.25, -0.2) is 14.3 Å². The summed E-state index contributed by atoms with van der Waals surface area (Å²) >= 11 is 0. The van der Waals surface area contributed by atoms with Crippen molar-refractivity contribution in [3.63, 3.8) is 0 Å². The predicted molar refractivity (Wildman–Crippen MR) is 121 cm³/mol. The Labute approximate surface area is 190 Å². The quantitative estimate of drug-likeness (QED) is 0.442. The maximum atomic E-state index is 12.2. The van der Waals surface area contributed by atoms with Gasteiger partial charge in [-0.1, -0.05) is 18.2 Å². The SMILES string of the molecule is COc1ccc(-c2nn(-c3ccccc3)cc2/C=C/C(=O)OCC(=O)N2CCNC2=O)cc1. The molecule has 1 N–H and O–H groups in total. The van der Waals surface area contributed by atoms with Crippen LogP contribution in [0.5, 0.6) is 5.75 Å². The van der Waals surface area contributed by atoms with E-state index in [1.54, 1.807) is 24.1 Å². The minimum Gasteiger partial charge on any atom is -0.497 e. The van der Waals surface area contributed by atoms with Gasteiger partial charge in [0.25, 0.3) is 5.91 Å². The smallest absolute Gasteiger partial charge is 0.331 e. The first kappa shape index (κ1) is 21.8. The minimum atomic E-state index is -0.698. The van der Waals surface area contributed by atoms with Gasteiger partial charge in [0.1, 0.15) is 5.75 Å². The van der Waals surface area contributed by atoms with Crippen molar-refractivity contribution in [2.45, 2.75) is 0 Å². The highest BCUT2D eigenvalue weighted by Gasteiger charge is 2.26. The molecule has 3 amide bonds. The normalized spacial score (nSPS) is 13.2. The number of rotatable bonds is 7. The molecule has 1 aliphatic heterocycles. The van der Waals surface area contributed by atoms with Crippen LogP contribution in [0.15, 0.2) is 66.9 Å². The molecule has 2 heterocycles. The lowest BCUT2D eigenvalue weighted by Crippen LogP contribution is -2.37. The molecule has 1 fully saturated rings. The van der Waals surface area contributed by atoms with Gasteiger partial charge >= 0.3 is 12.0 Å². The van der Waals surface area contributed by atoms with Gasteiger partial charge in [-0.3, -0.25) is 9.69 Å². The second kappa shape index (κ2) is 9.82. The number of urea groups is 1. The van der Waals surface area contributed by atoms with E-state index in [2.05, 4.69) is 10.4 Å². The molecule has 9 heteroatoms. The van der Waals surface area contributed by atoms with E-state index >= 15 is 0 Å². The first-order chi connectivity index (χ1) is 16.0. The lowest BCUT2D eigenvalue weighted by atomic mass is 10.1. The van der Waals surface area contributed by atoms with E-state index in [-0.39, 0.29) is 6.54 Å². The summed E-state index contributed by atoms with van der Waals surface area (Å²) in [6.45, 7) is 0.137. The predicted octanol–water partition coefficient (Wildman–Crippen LogP) is 2.66. The number of aromatic nitrogens is 2. The summed E-state index contributed by atoms with van der Waals surface area (Å²) in [5.41, 5.74) is 3.05. The molecule has 9 nitrogen and oxygen atoms in total. The van der Waals surface area contributed by atoms with Gasteiger partial charge in [0, 0.05) is 36.5 Å². The van der Waals surface area contributed by atoms with Gasteiger partial charge in [-0.05, 0) is 42.5 Å². The summed E-state index contributed by atoms with van der Waals surface area (Å²) in [4.78, 5) is 36.8. The second-order valence-electron chi connectivity index (χ2n) is 7.16. The number of carbonyl (C=O) groups is 3. The highest BCUT2D eigenvalue weighted by Crippen LogP contribution is 2.26. The number of imide groups is 1. The van der Waals surface area contributed by atoms with Crippen LogP contribution in [0.25, 0.3) is 23.0 Å². The van der Waals surface area contributed by atoms with Crippen LogP contribution in [0, 0.1) is 0 Å². The summed E-state index contributed by atoms with van der Waals surface area (Å²) in [6.07, 6.45) is 4.62. The van der Waals surface area contributed by atoms with Gasteiger partial charge in [-0.2, -0.15) is 5.10 Å². The molecule has 0 unspecified atom stereocenters. The summed E-state index contributed by atoms with van der Waals surface area (Å²) in [6, 6.07) is 16.5. The van der Waals surface area contributed by atoms with Crippen LogP contribution >= 0.6 is 0 Å². The van der Waals surface area contributed by atoms with E-state index in [0.29, 0.717) is 17.8 Å². The maximum Gasteiger partial charge on any atom is 0.331 e. The van der Waals surface area contributed by atoms with Gasteiger partial charge in [-0.15, -0.1) is 0 Å². The average Bonchev–Trinajstić information content (AvgIpc) is 3.48. The number of carbonyl (C=O) groups excluding carboxylic acids is 3. The Hall–Kier alpha value is -4.40. The van der Waals surface area contributed by atoms with Crippen molar-refractivity contribution in [3.05, 3.63) is 72.4 Å². The van der Waals surface area contributed by atoms with Crippen molar-refractivity contribution in [1.29, 1.82) is 0 Å². The topological polar surface area (TPSA) is 103 Å². The van der Waals surface area contributed by atoms with Gasteiger partial charge in [0.2, 0.25) is 0 Å². The Morgan fingerprint density at radius 1 is 1.12 bits per heavy atom. The van der Waals surface area contributed by atoms with E-state index in [4.69, 9.17) is 9.47 Å². The Morgan fingerprint density at radius 3 is 2.55 bits per heavy atom. The summed E-state index contributed by atoms with van der Waals surface area (Å²) in [5, 5.41) is 7.21. The van der Waals surface area contributed by atoms with E-state index in [9.17, 15) is 14.4 Å². The van der Waals surface area contributed by atoms with Gasteiger partial charge < -0.3 is 14.8 Å². The van der Waals surface area contributed by atoms with Crippen molar-refractivity contribution in [2.75, 3.05) is 26.8 Å². The fraction of sp³-hybridized carbons (Fsp3) is 0.167. The Kier molecular flexibility index (Phi) is 6.49. The summed E-state index contributed by atoms with van der Waals surface area (Å²) in [7, 11) is 1.60.